The molecule has 182 valence electrons. The van der Waals surface area contributed by atoms with Gasteiger partial charge >= 0.3 is 17.9 Å². The first-order valence-electron chi connectivity index (χ1n) is 10.4. The number of hydrogen-bond acceptors (Lipinski definition) is 11. The summed E-state index contributed by atoms with van der Waals surface area (Å²) in [5, 5.41) is 9.30. The lowest BCUT2D eigenvalue weighted by atomic mass is 9.99. The molecule has 0 spiro atoms. The smallest absolute Gasteiger partial charge is 0.331 e. The average Bonchev–Trinajstić information content (AvgIpc) is 3.11. The van der Waals surface area contributed by atoms with Gasteiger partial charge in [0, 0.05) is 26.8 Å². The summed E-state index contributed by atoms with van der Waals surface area (Å²) in [6, 6.07) is 6.61. The Kier molecular flexibility index (Phi) is 7.56. The van der Waals surface area contributed by atoms with Crippen LogP contribution >= 0.6 is 0 Å². The van der Waals surface area contributed by atoms with E-state index in [0.29, 0.717) is 11.3 Å². The summed E-state index contributed by atoms with van der Waals surface area (Å²) in [7, 11) is 1.42. The Morgan fingerprint density at radius 1 is 1.09 bits per heavy atom. The van der Waals surface area contributed by atoms with Crippen molar-refractivity contribution in [2.75, 3.05) is 7.11 Å². The minimum atomic E-state index is -1.59. The molecule has 34 heavy (non-hydrogen) atoms. The highest BCUT2D eigenvalue weighted by Crippen LogP contribution is 2.38. The van der Waals surface area contributed by atoms with E-state index in [4.69, 9.17) is 33.2 Å². The minimum Gasteiger partial charge on any atom is -0.493 e. The van der Waals surface area contributed by atoms with E-state index in [1.54, 1.807) is 19.1 Å². The molecule has 0 bridgehead atoms. The molecule has 0 radical (unpaired) electrons. The molecule has 6 atom stereocenters. The Labute approximate surface area is 196 Å². The number of hydrogen-bond donors (Lipinski definition) is 0. The molecule has 2 fully saturated rings. The molecule has 3 rings (SSSR count). The summed E-state index contributed by atoms with van der Waals surface area (Å²) in [5.41, 5.74) is 0.576. The highest BCUT2D eigenvalue weighted by molar-refractivity contribution is 5.87. The summed E-state index contributed by atoms with van der Waals surface area (Å²) >= 11 is 0. The highest BCUT2D eigenvalue weighted by atomic mass is 16.8. The normalized spacial score (nSPS) is 30.2. The van der Waals surface area contributed by atoms with Gasteiger partial charge in [0.1, 0.15) is 6.07 Å². The maximum atomic E-state index is 12.6. The van der Waals surface area contributed by atoms with Crippen molar-refractivity contribution in [1.82, 2.24) is 0 Å². The van der Waals surface area contributed by atoms with Crippen molar-refractivity contribution in [2.24, 2.45) is 0 Å². The van der Waals surface area contributed by atoms with Crippen LogP contribution in [-0.2, 0) is 38.1 Å². The van der Waals surface area contributed by atoms with E-state index in [1.807, 2.05) is 6.07 Å². The number of rotatable bonds is 6. The number of esters is 3. The third-order valence-corrected chi connectivity index (χ3v) is 5.04. The lowest BCUT2D eigenvalue weighted by Crippen LogP contribution is -2.58. The molecule has 11 nitrogen and oxygen atoms in total. The van der Waals surface area contributed by atoms with Crippen LogP contribution in [-0.4, -0.2) is 61.5 Å². The Hall–Kier alpha value is -3.46. The summed E-state index contributed by atoms with van der Waals surface area (Å²) in [6.45, 7) is 5.52. The summed E-state index contributed by atoms with van der Waals surface area (Å²) in [5.74, 6) is -2.90. The van der Waals surface area contributed by atoms with E-state index in [-0.39, 0.29) is 5.75 Å². The van der Waals surface area contributed by atoms with Gasteiger partial charge in [0.25, 0.3) is 5.79 Å². The Balaban J connectivity index is 1.75. The van der Waals surface area contributed by atoms with Crippen LogP contribution in [0.2, 0.25) is 0 Å². The number of carbonyl (C=O) groups is 3. The molecule has 11 heteroatoms. The molecule has 0 aromatic heterocycles. The van der Waals surface area contributed by atoms with Crippen molar-refractivity contribution >= 4 is 24.0 Å². The van der Waals surface area contributed by atoms with Crippen molar-refractivity contribution < 1.29 is 47.5 Å². The van der Waals surface area contributed by atoms with Crippen LogP contribution in [0, 0.1) is 11.3 Å². The zero-order valence-electron chi connectivity index (χ0n) is 19.3. The third kappa shape index (κ3) is 5.72. The first-order valence-corrected chi connectivity index (χ1v) is 10.4. The number of fused-ring (bicyclic) bond motifs is 1. The van der Waals surface area contributed by atoms with Crippen LogP contribution in [0.4, 0.5) is 0 Å². The lowest BCUT2D eigenvalue weighted by Gasteiger charge is -2.39. The molecule has 1 unspecified atom stereocenters. The van der Waals surface area contributed by atoms with Crippen molar-refractivity contribution in [3.8, 4) is 17.6 Å². The summed E-state index contributed by atoms with van der Waals surface area (Å²) in [4.78, 5) is 35.5. The number of ether oxygens (including phenoxy) is 7. The van der Waals surface area contributed by atoms with Crippen molar-refractivity contribution in [3.05, 3.63) is 29.8 Å². The summed E-state index contributed by atoms with van der Waals surface area (Å²) in [6.07, 6.45) is -2.09. The number of nitriles is 1. The first-order chi connectivity index (χ1) is 16.0. The van der Waals surface area contributed by atoms with Gasteiger partial charge in [0.05, 0.1) is 13.2 Å². The van der Waals surface area contributed by atoms with Gasteiger partial charge in [-0.3, -0.25) is 9.59 Å². The number of nitrogens with zero attached hydrogens (tertiary/aromatic N) is 1. The Morgan fingerprint density at radius 3 is 2.44 bits per heavy atom. The van der Waals surface area contributed by atoms with Gasteiger partial charge in [-0.1, -0.05) is 6.07 Å². The second kappa shape index (κ2) is 10.2. The SMILES string of the molecule is COc1cc(/C=C/C(=O)O[C@@H]2[C@@H](OC(C)=O)[C@H]3OC(C)(C#N)O[C@H]3O[C@H]2C)ccc1OC(C)=O. The molecular formula is C23H25NO10. The monoisotopic (exact) mass is 475 g/mol. The van der Waals surface area contributed by atoms with Gasteiger partial charge in [0.15, 0.2) is 36.1 Å². The van der Waals surface area contributed by atoms with Crippen LogP contribution in [0.1, 0.15) is 33.3 Å². The van der Waals surface area contributed by atoms with Crippen LogP contribution in [0.3, 0.4) is 0 Å². The maximum Gasteiger partial charge on any atom is 0.331 e. The largest absolute Gasteiger partial charge is 0.493 e. The molecule has 0 N–H and O–H groups in total. The number of benzene rings is 1. The fraction of sp³-hybridized carbons (Fsp3) is 0.478. The van der Waals surface area contributed by atoms with Crippen LogP contribution in [0.25, 0.3) is 6.08 Å². The second-order valence-corrected chi connectivity index (χ2v) is 7.78. The Morgan fingerprint density at radius 2 is 1.82 bits per heavy atom. The zero-order valence-corrected chi connectivity index (χ0v) is 19.3. The molecule has 0 amide bonds. The minimum absolute atomic E-state index is 0.241. The lowest BCUT2D eigenvalue weighted by molar-refractivity contribution is -0.253. The fourth-order valence-electron chi connectivity index (χ4n) is 3.61. The number of carbonyl (C=O) groups excluding carboxylic acids is 3. The van der Waals surface area contributed by atoms with E-state index in [9.17, 15) is 19.6 Å². The van der Waals surface area contributed by atoms with Crippen LogP contribution < -0.4 is 9.47 Å². The molecule has 2 aliphatic rings. The zero-order chi connectivity index (χ0) is 25.0. The molecule has 0 aliphatic carbocycles. The average molecular weight is 475 g/mol. The predicted octanol–water partition coefficient (Wildman–Crippen LogP) is 1.88. The standard InChI is InChI=1S/C23H25NO10/c1-12-19(20(31-14(3)26)21-22(29-12)34-23(4,11-24)33-21)32-18(27)9-7-15-6-8-16(30-13(2)25)17(10-15)28-5/h6-10,12,19-22H,1-5H3/b9-7+/t12-,19-,20+,21+,22+,23?/m0/s1. The van der Waals surface area contributed by atoms with Gasteiger partial charge in [-0.05, 0) is 30.7 Å². The number of methoxy groups -OCH3 is 1. The van der Waals surface area contributed by atoms with E-state index >= 15 is 0 Å². The van der Waals surface area contributed by atoms with Gasteiger partial charge in [-0.15, -0.1) is 0 Å². The molecular weight excluding hydrogens is 450 g/mol. The van der Waals surface area contributed by atoms with Gasteiger partial charge in [0.2, 0.25) is 0 Å². The topological polar surface area (TPSA) is 140 Å². The highest BCUT2D eigenvalue weighted by Gasteiger charge is 2.58. The van der Waals surface area contributed by atoms with Crippen molar-refractivity contribution in [3.63, 3.8) is 0 Å². The van der Waals surface area contributed by atoms with Crippen LogP contribution in [0.5, 0.6) is 11.5 Å². The molecule has 1 aromatic rings. The second-order valence-electron chi connectivity index (χ2n) is 7.78. The quantitative estimate of drug-likeness (QED) is 0.338. The summed E-state index contributed by atoms with van der Waals surface area (Å²) < 4.78 is 38.0. The van der Waals surface area contributed by atoms with Crippen molar-refractivity contribution in [2.45, 2.75) is 64.2 Å². The molecule has 2 aliphatic heterocycles. The maximum absolute atomic E-state index is 12.6. The fourth-order valence-corrected chi connectivity index (χ4v) is 3.61. The predicted molar refractivity (Wildman–Crippen MR) is 113 cm³/mol. The molecule has 1 aromatic carbocycles. The van der Waals surface area contributed by atoms with E-state index in [2.05, 4.69) is 0 Å². The van der Waals surface area contributed by atoms with Crippen LogP contribution in [0.15, 0.2) is 24.3 Å². The molecule has 0 saturated carbocycles. The van der Waals surface area contributed by atoms with Gasteiger partial charge in [-0.2, -0.15) is 5.26 Å². The van der Waals surface area contributed by atoms with E-state index < -0.39 is 54.4 Å². The first kappa shape index (κ1) is 25.2. The molecule has 2 saturated heterocycles. The van der Waals surface area contributed by atoms with E-state index in [1.165, 1.54) is 46.1 Å². The molecule has 2 heterocycles. The van der Waals surface area contributed by atoms with Gasteiger partial charge in [-0.25, -0.2) is 4.79 Å². The van der Waals surface area contributed by atoms with Crippen molar-refractivity contribution in [1.29, 1.82) is 5.26 Å². The Bertz CT molecular complexity index is 1030. The van der Waals surface area contributed by atoms with E-state index in [0.717, 1.165) is 0 Å². The third-order valence-electron chi connectivity index (χ3n) is 5.04. The van der Waals surface area contributed by atoms with Gasteiger partial charge < -0.3 is 33.2 Å².